The zero-order chi connectivity index (χ0) is 14.6. The van der Waals surface area contributed by atoms with Crippen LogP contribution in [0.5, 0.6) is 0 Å². The molecule has 0 spiro atoms. The highest BCUT2D eigenvalue weighted by atomic mass is 16.5. The first-order valence-electron chi connectivity index (χ1n) is 6.45. The zero-order valence-corrected chi connectivity index (χ0v) is 11.0. The Labute approximate surface area is 116 Å². The Hall–Kier alpha value is -1.92. The lowest BCUT2D eigenvalue weighted by Crippen LogP contribution is -2.55. The van der Waals surface area contributed by atoms with Gasteiger partial charge in [-0.2, -0.15) is 0 Å². The molecular formula is C14H18N2O4. The van der Waals surface area contributed by atoms with Gasteiger partial charge in [-0.05, 0) is 12.0 Å². The van der Waals surface area contributed by atoms with E-state index in [0.29, 0.717) is 18.6 Å². The summed E-state index contributed by atoms with van der Waals surface area (Å²) in [5, 5.41) is 11.9. The number of carbonyl (C=O) groups is 2. The molecule has 1 aliphatic rings. The summed E-state index contributed by atoms with van der Waals surface area (Å²) in [6.07, 6.45) is 0.446. The maximum atomic E-state index is 12.0. The van der Waals surface area contributed by atoms with E-state index in [1.165, 1.54) is 0 Å². The minimum atomic E-state index is -1.04. The van der Waals surface area contributed by atoms with E-state index in [2.05, 4.69) is 5.32 Å². The van der Waals surface area contributed by atoms with Crippen LogP contribution in [0.15, 0.2) is 30.3 Å². The van der Waals surface area contributed by atoms with Gasteiger partial charge in [0.05, 0.1) is 12.5 Å². The van der Waals surface area contributed by atoms with Gasteiger partial charge < -0.3 is 20.9 Å². The first-order valence-corrected chi connectivity index (χ1v) is 6.45. The largest absolute Gasteiger partial charge is 0.481 e. The highest BCUT2D eigenvalue weighted by Crippen LogP contribution is 2.18. The first kappa shape index (κ1) is 14.5. The van der Waals surface area contributed by atoms with Crippen molar-refractivity contribution in [3.63, 3.8) is 0 Å². The van der Waals surface area contributed by atoms with E-state index >= 15 is 0 Å². The van der Waals surface area contributed by atoms with Crippen LogP contribution in [0.4, 0.5) is 0 Å². The second kappa shape index (κ2) is 6.02. The molecule has 4 N–H and O–H groups in total. The molecule has 1 fully saturated rings. The van der Waals surface area contributed by atoms with Crippen LogP contribution < -0.4 is 11.1 Å². The Morgan fingerprint density at radius 3 is 2.65 bits per heavy atom. The van der Waals surface area contributed by atoms with Crippen molar-refractivity contribution in [3.8, 4) is 0 Å². The number of carboxylic acids is 1. The summed E-state index contributed by atoms with van der Waals surface area (Å²) in [7, 11) is 0. The summed E-state index contributed by atoms with van der Waals surface area (Å²) in [6, 6.07) is 8.79. The van der Waals surface area contributed by atoms with Crippen molar-refractivity contribution in [3.05, 3.63) is 35.9 Å². The van der Waals surface area contributed by atoms with Crippen molar-refractivity contribution in [1.29, 1.82) is 0 Å². The molecule has 0 saturated carbocycles. The summed E-state index contributed by atoms with van der Waals surface area (Å²) >= 11 is 0. The molecule has 0 bridgehead atoms. The van der Waals surface area contributed by atoms with E-state index in [1.807, 2.05) is 6.07 Å². The van der Waals surface area contributed by atoms with Crippen molar-refractivity contribution < 1.29 is 19.4 Å². The third-order valence-electron chi connectivity index (χ3n) is 3.47. The molecule has 0 radical (unpaired) electrons. The van der Waals surface area contributed by atoms with Crippen molar-refractivity contribution in [2.45, 2.75) is 17.9 Å². The van der Waals surface area contributed by atoms with Gasteiger partial charge in [-0.15, -0.1) is 0 Å². The molecule has 0 aromatic heterocycles. The van der Waals surface area contributed by atoms with Gasteiger partial charge >= 0.3 is 5.97 Å². The lowest BCUT2D eigenvalue weighted by atomic mass is 9.96. The monoisotopic (exact) mass is 278 g/mol. The van der Waals surface area contributed by atoms with Crippen LogP contribution in [0.1, 0.15) is 17.9 Å². The van der Waals surface area contributed by atoms with Crippen molar-refractivity contribution in [2.24, 2.45) is 5.73 Å². The molecule has 2 rings (SSSR count). The van der Waals surface area contributed by atoms with E-state index in [0.717, 1.165) is 0 Å². The lowest BCUT2D eigenvalue weighted by Gasteiger charge is -2.22. The van der Waals surface area contributed by atoms with Crippen LogP contribution in [0, 0.1) is 0 Å². The fourth-order valence-electron chi connectivity index (χ4n) is 2.16. The number of nitrogens with two attached hydrogens (primary N) is 1. The van der Waals surface area contributed by atoms with E-state index in [1.54, 1.807) is 24.3 Å². The average Bonchev–Trinajstić information content (AvgIpc) is 2.88. The van der Waals surface area contributed by atoms with Gasteiger partial charge in [0.1, 0.15) is 5.54 Å². The molecule has 108 valence electrons. The molecule has 1 saturated heterocycles. The molecule has 6 nitrogen and oxygen atoms in total. The van der Waals surface area contributed by atoms with Gasteiger partial charge in [-0.3, -0.25) is 9.59 Å². The molecule has 2 unspecified atom stereocenters. The first-order chi connectivity index (χ1) is 9.53. The number of hydrogen-bond acceptors (Lipinski definition) is 4. The number of ether oxygens (including phenoxy) is 1. The summed E-state index contributed by atoms with van der Waals surface area (Å²) in [5.41, 5.74) is 5.52. The zero-order valence-electron chi connectivity index (χ0n) is 11.0. The topological polar surface area (TPSA) is 102 Å². The lowest BCUT2D eigenvalue weighted by molar-refractivity contribution is -0.138. The maximum absolute atomic E-state index is 12.0. The Morgan fingerprint density at radius 1 is 1.40 bits per heavy atom. The number of carbonyl (C=O) groups excluding carboxylic acids is 1. The molecule has 1 aliphatic heterocycles. The number of rotatable bonds is 5. The second-order valence-corrected chi connectivity index (χ2v) is 4.97. The predicted molar refractivity (Wildman–Crippen MR) is 72.2 cm³/mol. The van der Waals surface area contributed by atoms with Gasteiger partial charge in [0.25, 0.3) is 0 Å². The van der Waals surface area contributed by atoms with Gasteiger partial charge in [-0.1, -0.05) is 30.3 Å². The summed E-state index contributed by atoms with van der Waals surface area (Å²) < 4.78 is 5.12. The molecule has 20 heavy (non-hydrogen) atoms. The van der Waals surface area contributed by atoms with E-state index in [9.17, 15) is 14.7 Å². The van der Waals surface area contributed by atoms with E-state index in [4.69, 9.17) is 10.5 Å². The standard InChI is InChI=1S/C14H18N2O4/c15-14(6-7-20-9-14)13(19)16-8-11(12(17)18)10-4-2-1-3-5-10/h1-5,11H,6-9,15H2,(H,16,19)(H,17,18). The number of benzene rings is 1. The maximum Gasteiger partial charge on any atom is 0.312 e. The third-order valence-corrected chi connectivity index (χ3v) is 3.47. The highest BCUT2D eigenvalue weighted by molar-refractivity contribution is 5.87. The Bertz CT molecular complexity index is 483. The van der Waals surface area contributed by atoms with Gasteiger partial charge in [0.2, 0.25) is 5.91 Å². The molecular weight excluding hydrogens is 260 g/mol. The fourth-order valence-corrected chi connectivity index (χ4v) is 2.16. The summed E-state index contributed by atoms with van der Waals surface area (Å²) in [6.45, 7) is 0.629. The fraction of sp³-hybridized carbons (Fsp3) is 0.429. The van der Waals surface area contributed by atoms with Crippen LogP contribution in [0.25, 0.3) is 0 Å². The molecule has 1 amide bonds. The Kier molecular flexibility index (Phi) is 4.36. The predicted octanol–water partition coefficient (Wildman–Crippen LogP) is 0.0888. The number of hydrogen-bond donors (Lipinski definition) is 3. The van der Waals surface area contributed by atoms with Gasteiger partial charge in [0.15, 0.2) is 0 Å². The van der Waals surface area contributed by atoms with E-state index in [-0.39, 0.29) is 19.1 Å². The normalized spacial score (nSPS) is 23.2. The van der Waals surface area contributed by atoms with Crippen molar-refractivity contribution >= 4 is 11.9 Å². The Morgan fingerprint density at radius 2 is 2.10 bits per heavy atom. The van der Waals surface area contributed by atoms with Crippen LogP contribution >= 0.6 is 0 Å². The molecule has 1 aromatic rings. The molecule has 2 atom stereocenters. The van der Waals surface area contributed by atoms with Crippen LogP contribution in [-0.4, -0.2) is 42.3 Å². The molecule has 1 heterocycles. The van der Waals surface area contributed by atoms with Crippen LogP contribution in [0.2, 0.25) is 0 Å². The smallest absolute Gasteiger partial charge is 0.312 e. The van der Waals surface area contributed by atoms with Crippen molar-refractivity contribution in [2.75, 3.05) is 19.8 Å². The summed E-state index contributed by atoms with van der Waals surface area (Å²) in [5.74, 6) is -2.13. The summed E-state index contributed by atoms with van der Waals surface area (Å²) in [4.78, 5) is 23.3. The third kappa shape index (κ3) is 3.15. The number of aliphatic carboxylic acids is 1. The number of amides is 1. The second-order valence-electron chi connectivity index (χ2n) is 4.97. The molecule has 6 heteroatoms. The van der Waals surface area contributed by atoms with Crippen molar-refractivity contribution in [1.82, 2.24) is 5.32 Å². The average molecular weight is 278 g/mol. The quantitative estimate of drug-likeness (QED) is 0.708. The highest BCUT2D eigenvalue weighted by Gasteiger charge is 2.38. The van der Waals surface area contributed by atoms with Gasteiger partial charge in [-0.25, -0.2) is 0 Å². The van der Waals surface area contributed by atoms with Gasteiger partial charge in [0, 0.05) is 13.2 Å². The number of nitrogens with one attached hydrogen (secondary N) is 1. The molecule has 0 aliphatic carbocycles. The number of carboxylic acid groups (broad SMARTS) is 1. The Balaban J connectivity index is 2.00. The van der Waals surface area contributed by atoms with E-state index < -0.39 is 17.4 Å². The molecule has 1 aromatic carbocycles. The van der Waals surface area contributed by atoms with Crippen LogP contribution in [0.3, 0.4) is 0 Å². The SMILES string of the molecule is NC1(C(=O)NCC(C(=O)O)c2ccccc2)CCOC1. The minimum Gasteiger partial charge on any atom is -0.481 e. The van der Waals surface area contributed by atoms with Crippen LogP contribution in [-0.2, 0) is 14.3 Å². The minimum absolute atomic E-state index is 0.0110.